The predicted molar refractivity (Wildman–Crippen MR) is 72.7 cm³/mol. The molecule has 0 bridgehead atoms. The molecule has 2 rings (SSSR count). The van der Waals surface area contributed by atoms with Gasteiger partial charge >= 0.3 is 0 Å². The van der Waals surface area contributed by atoms with Crippen molar-refractivity contribution < 1.29 is 4.79 Å². The first kappa shape index (κ1) is 12.4. The monoisotopic (exact) mass is 261 g/mol. The first-order chi connectivity index (χ1) is 8.49. The highest BCUT2D eigenvalue weighted by Gasteiger charge is 2.14. The molecule has 5 heteroatoms. The predicted octanol–water partition coefficient (Wildman–Crippen LogP) is 2.44. The van der Waals surface area contributed by atoms with E-state index in [1.54, 1.807) is 24.4 Å². The van der Waals surface area contributed by atoms with Gasteiger partial charge in [0.15, 0.2) is 5.78 Å². The highest BCUT2D eigenvalue weighted by atomic mass is 35.5. The van der Waals surface area contributed by atoms with Crippen molar-refractivity contribution in [3.63, 3.8) is 0 Å². The summed E-state index contributed by atoms with van der Waals surface area (Å²) in [6.45, 7) is 1.85. The molecule has 0 spiro atoms. The number of rotatable bonds is 2. The number of nitrogens with zero attached hydrogens (tertiary/aromatic N) is 1. The number of nitrogens with two attached hydrogens (primary N) is 2. The molecular formula is C13H12ClN3O. The molecule has 4 nitrogen and oxygen atoms in total. The quantitative estimate of drug-likeness (QED) is 0.643. The van der Waals surface area contributed by atoms with E-state index in [0.29, 0.717) is 21.8 Å². The van der Waals surface area contributed by atoms with Gasteiger partial charge in [0.05, 0.1) is 16.3 Å². The number of benzene rings is 1. The second-order valence-electron chi connectivity index (χ2n) is 4.01. The second kappa shape index (κ2) is 4.66. The van der Waals surface area contributed by atoms with Gasteiger partial charge in [-0.25, -0.2) is 4.98 Å². The van der Waals surface area contributed by atoms with Gasteiger partial charge in [-0.15, -0.1) is 0 Å². The van der Waals surface area contributed by atoms with Crippen molar-refractivity contribution in [2.75, 3.05) is 11.5 Å². The number of anilines is 2. The third-order valence-electron chi connectivity index (χ3n) is 2.56. The zero-order valence-corrected chi connectivity index (χ0v) is 10.5. The largest absolute Gasteiger partial charge is 0.398 e. The van der Waals surface area contributed by atoms with Crippen LogP contribution in [0.3, 0.4) is 0 Å². The van der Waals surface area contributed by atoms with Gasteiger partial charge in [0, 0.05) is 11.8 Å². The van der Waals surface area contributed by atoms with E-state index >= 15 is 0 Å². The SMILES string of the molecule is Cc1cnc(N)c(C(=O)c2ccc(N)c(Cl)c2)c1. The number of pyridine rings is 1. The topological polar surface area (TPSA) is 82.0 Å². The summed E-state index contributed by atoms with van der Waals surface area (Å²) in [5.41, 5.74) is 13.4. The van der Waals surface area contributed by atoms with Crippen LogP contribution in [0.4, 0.5) is 11.5 Å². The molecule has 4 N–H and O–H groups in total. The van der Waals surface area contributed by atoms with E-state index in [-0.39, 0.29) is 11.6 Å². The zero-order valence-electron chi connectivity index (χ0n) is 9.77. The van der Waals surface area contributed by atoms with Crippen LogP contribution in [0.25, 0.3) is 0 Å². The number of carbonyl (C=O) groups excluding carboxylic acids is 1. The van der Waals surface area contributed by atoms with Crippen molar-refractivity contribution >= 4 is 28.9 Å². The lowest BCUT2D eigenvalue weighted by Crippen LogP contribution is -2.07. The number of nitrogen functional groups attached to an aromatic ring is 2. The molecule has 0 unspecified atom stereocenters. The molecular weight excluding hydrogens is 250 g/mol. The summed E-state index contributed by atoms with van der Waals surface area (Å²) in [6.07, 6.45) is 1.61. The molecule has 0 atom stereocenters. The van der Waals surface area contributed by atoms with Crippen LogP contribution in [0.15, 0.2) is 30.5 Å². The maximum Gasteiger partial charge on any atom is 0.196 e. The number of ketones is 1. The molecule has 0 aliphatic heterocycles. The molecule has 0 aliphatic carbocycles. The lowest BCUT2D eigenvalue weighted by molar-refractivity contribution is 0.103. The summed E-state index contributed by atoms with van der Waals surface area (Å²) in [5, 5.41) is 0.347. The van der Waals surface area contributed by atoms with Crippen molar-refractivity contribution in [2.24, 2.45) is 0 Å². The normalized spacial score (nSPS) is 10.3. The van der Waals surface area contributed by atoms with E-state index in [0.717, 1.165) is 5.56 Å². The molecule has 0 fully saturated rings. The lowest BCUT2D eigenvalue weighted by atomic mass is 10.0. The maximum absolute atomic E-state index is 12.3. The first-order valence-corrected chi connectivity index (χ1v) is 5.68. The maximum atomic E-state index is 12.3. The van der Waals surface area contributed by atoms with Crippen LogP contribution in [0, 0.1) is 6.92 Å². The molecule has 0 radical (unpaired) electrons. The summed E-state index contributed by atoms with van der Waals surface area (Å²) in [7, 11) is 0. The van der Waals surface area contributed by atoms with Gasteiger partial charge in [-0.05, 0) is 36.8 Å². The van der Waals surface area contributed by atoms with Crippen molar-refractivity contribution in [3.05, 3.63) is 52.2 Å². The summed E-state index contributed by atoms with van der Waals surface area (Å²) in [6, 6.07) is 6.44. The Bertz CT molecular complexity index is 626. The zero-order chi connectivity index (χ0) is 13.3. The highest BCUT2D eigenvalue weighted by molar-refractivity contribution is 6.33. The first-order valence-electron chi connectivity index (χ1n) is 5.31. The van der Waals surface area contributed by atoms with Gasteiger partial charge in [-0.1, -0.05) is 11.6 Å². The average molecular weight is 262 g/mol. The Morgan fingerprint density at radius 1 is 1.28 bits per heavy atom. The molecule has 18 heavy (non-hydrogen) atoms. The van der Waals surface area contributed by atoms with Gasteiger partial charge < -0.3 is 11.5 Å². The summed E-state index contributed by atoms with van der Waals surface area (Å²) >= 11 is 5.89. The Morgan fingerprint density at radius 3 is 2.67 bits per heavy atom. The highest BCUT2D eigenvalue weighted by Crippen LogP contribution is 2.23. The van der Waals surface area contributed by atoms with Gasteiger partial charge in [0.2, 0.25) is 0 Å². The van der Waals surface area contributed by atoms with Gasteiger partial charge in [-0.2, -0.15) is 0 Å². The summed E-state index contributed by atoms with van der Waals surface area (Å²) in [4.78, 5) is 16.2. The fraction of sp³-hybridized carbons (Fsp3) is 0.0769. The molecule has 92 valence electrons. The Labute approximate surface area is 110 Å². The third kappa shape index (κ3) is 2.28. The smallest absolute Gasteiger partial charge is 0.196 e. The van der Waals surface area contributed by atoms with E-state index in [9.17, 15) is 4.79 Å². The van der Waals surface area contributed by atoms with Crippen LogP contribution in [-0.2, 0) is 0 Å². The number of halogens is 1. The number of aryl methyl sites for hydroxylation is 1. The van der Waals surface area contributed by atoms with Gasteiger partial charge in [-0.3, -0.25) is 4.79 Å². The van der Waals surface area contributed by atoms with E-state index in [1.807, 2.05) is 6.92 Å². The minimum Gasteiger partial charge on any atom is -0.398 e. The number of hydrogen-bond donors (Lipinski definition) is 2. The second-order valence-corrected chi connectivity index (χ2v) is 4.42. The van der Waals surface area contributed by atoms with Crippen LogP contribution in [0.2, 0.25) is 5.02 Å². The molecule has 0 amide bonds. The van der Waals surface area contributed by atoms with Crippen molar-refractivity contribution in [3.8, 4) is 0 Å². The van der Waals surface area contributed by atoms with E-state index in [1.165, 1.54) is 6.07 Å². The van der Waals surface area contributed by atoms with Gasteiger partial charge in [0.25, 0.3) is 0 Å². The van der Waals surface area contributed by atoms with Crippen LogP contribution in [-0.4, -0.2) is 10.8 Å². The number of aromatic nitrogens is 1. The Balaban J connectivity index is 2.47. The van der Waals surface area contributed by atoms with E-state index in [4.69, 9.17) is 23.1 Å². The molecule has 1 aromatic carbocycles. The fourth-order valence-corrected chi connectivity index (χ4v) is 1.77. The van der Waals surface area contributed by atoms with Crippen LogP contribution < -0.4 is 11.5 Å². The molecule has 2 aromatic rings. The lowest BCUT2D eigenvalue weighted by Gasteiger charge is -2.06. The Kier molecular flexibility index (Phi) is 3.21. The minimum absolute atomic E-state index is 0.207. The van der Waals surface area contributed by atoms with Crippen LogP contribution in [0.1, 0.15) is 21.5 Å². The van der Waals surface area contributed by atoms with Crippen LogP contribution >= 0.6 is 11.6 Å². The van der Waals surface area contributed by atoms with Gasteiger partial charge in [0.1, 0.15) is 5.82 Å². The van der Waals surface area contributed by atoms with Crippen molar-refractivity contribution in [2.45, 2.75) is 6.92 Å². The van der Waals surface area contributed by atoms with Crippen molar-refractivity contribution in [1.82, 2.24) is 4.98 Å². The molecule has 0 aliphatic rings. The Morgan fingerprint density at radius 2 is 2.00 bits per heavy atom. The average Bonchev–Trinajstić information content (AvgIpc) is 2.35. The molecule has 0 saturated carbocycles. The van der Waals surface area contributed by atoms with Crippen molar-refractivity contribution in [1.29, 1.82) is 0 Å². The van der Waals surface area contributed by atoms with E-state index < -0.39 is 0 Å². The summed E-state index contributed by atoms with van der Waals surface area (Å²) < 4.78 is 0. The number of hydrogen-bond acceptors (Lipinski definition) is 4. The fourth-order valence-electron chi connectivity index (χ4n) is 1.59. The minimum atomic E-state index is -0.217. The Hall–Kier alpha value is -2.07. The number of carbonyl (C=O) groups is 1. The molecule has 1 aromatic heterocycles. The third-order valence-corrected chi connectivity index (χ3v) is 2.89. The van der Waals surface area contributed by atoms with Crippen LogP contribution in [0.5, 0.6) is 0 Å². The standard InChI is InChI=1S/C13H12ClN3O/c1-7-4-9(13(16)17-6-7)12(18)8-2-3-11(15)10(14)5-8/h2-6H,15H2,1H3,(H2,16,17). The van der Waals surface area contributed by atoms with E-state index in [2.05, 4.69) is 4.98 Å². The molecule has 1 heterocycles. The summed E-state index contributed by atoms with van der Waals surface area (Å²) in [5.74, 6) is -0.0100. The molecule has 0 saturated heterocycles.